The molecule has 0 rings (SSSR count). The van der Waals surface area contributed by atoms with E-state index in [-0.39, 0.29) is 0 Å². The fraction of sp³-hybridized carbons (Fsp3) is 0.400. The maximum absolute atomic E-state index is 3.85. The highest BCUT2D eigenvalue weighted by Crippen LogP contribution is 2.03. The summed E-state index contributed by atoms with van der Waals surface area (Å²) < 4.78 is 0. The lowest BCUT2D eigenvalue weighted by Crippen LogP contribution is -2.21. The molecule has 0 saturated carbocycles. The van der Waals surface area contributed by atoms with Gasteiger partial charge in [-0.15, -0.1) is 0 Å². The Bertz CT molecular complexity index is 175. The van der Waals surface area contributed by atoms with Crippen LogP contribution in [0, 0.1) is 0 Å². The van der Waals surface area contributed by atoms with Gasteiger partial charge in [0.1, 0.15) is 0 Å². The first-order valence-electron chi connectivity index (χ1n) is 3.85. The summed E-state index contributed by atoms with van der Waals surface area (Å²) in [6.07, 6.45) is 3.90. The molecule has 1 heteroatoms. The molecule has 0 fully saturated rings. The Morgan fingerprint density at radius 3 is 2.27 bits per heavy atom. The molecule has 1 N–H and O–H groups in total. The Morgan fingerprint density at radius 1 is 1.36 bits per heavy atom. The van der Waals surface area contributed by atoms with Crippen LogP contribution in [0.1, 0.15) is 20.8 Å². The van der Waals surface area contributed by atoms with Crippen molar-refractivity contribution in [1.82, 2.24) is 5.32 Å². The molecule has 0 heterocycles. The molecule has 0 radical (unpaired) electrons. The second-order valence-corrected chi connectivity index (χ2v) is 2.80. The zero-order valence-corrected chi connectivity index (χ0v) is 7.65. The largest absolute Gasteiger partial charge is 0.383 e. The summed E-state index contributed by atoms with van der Waals surface area (Å²) in [5.41, 5.74) is 1.85. The van der Waals surface area contributed by atoms with Crippen LogP contribution in [0.4, 0.5) is 0 Å². The van der Waals surface area contributed by atoms with E-state index in [9.17, 15) is 0 Å². The van der Waals surface area contributed by atoms with Crippen molar-refractivity contribution in [2.45, 2.75) is 26.8 Å². The van der Waals surface area contributed by atoms with Crippen molar-refractivity contribution in [3.8, 4) is 0 Å². The average molecular weight is 151 g/mol. The van der Waals surface area contributed by atoms with Crippen molar-refractivity contribution < 1.29 is 0 Å². The van der Waals surface area contributed by atoms with Crippen LogP contribution < -0.4 is 5.32 Å². The third kappa shape index (κ3) is 4.43. The predicted octanol–water partition coefficient (Wildman–Crippen LogP) is 2.63. The van der Waals surface area contributed by atoms with Crippen LogP contribution in [0.5, 0.6) is 0 Å². The average Bonchev–Trinajstić information content (AvgIpc) is 1.86. The first kappa shape index (κ1) is 10.0. The van der Waals surface area contributed by atoms with Gasteiger partial charge in [-0.05, 0) is 26.3 Å². The third-order valence-electron chi connectivity index (χ3n) is 1.22. The van der Waals surface area contributed by atoms with Gasteiger partial charge in [0.25, 0.3) is 0 Å². The molecule has 0 atom stereocenters. The minimum atomic E-state index is 0.421. The van der Waals surface area contributed by atoms with Gasteiger partial charge in [0, 0.05) is 11.7 Å². The molecule has 11 heavy (non-hydrogen) atoms. The lowest BCUT2D eigenvalue weighted by Gasteiger charge is -2.12. The molecule has 0 aliphatic carbocycles. The lowest BCUT2D eigenvalue weighted by atomic mass is 10.2. The molecule has 0 aliphatic rings. The van der Waals surface area contributed by atoms with Crippen molar-refractivity contribution in [1.29, 1.82) is 0 Å². The zero-order valence-electron chi connectivity index (χ0n) is 7.65. The molecular weight excluding hydrogens is 134 g/mol. The van der Waals surface area contributed by atoms with Gasteiger partial charge >= 0.3 is 0 Å². The highest BCUT2D eigenvalue weighted by molar-refractivity contribution is 5.33. The molecule has 0 amide bonds. The van der Waals surface area contributed by atoms with Gasteiger partial charge in [0.05, 0.1) is 0 Å². The summed E-state index contributed by atoms with van der Waals surface area (Å²) in [5, 5.41) is 3.18. The molecule has 0 aromatic rings. The smallest absolute Gasteiger partial charge is 0.0336 e. The Morgan fingerprint density at radius 2 is 1.91 bits per heavy atom. The van der Waals surface area contributed by atoms with Crippen LogP contribution in [0.3, 0.4) is 0 Å². The fourth-order valence-electron chi connectivity index (χ4n) is 0.743. The Kier molecular flexibility index (Phi) is 4.35. The van der Waals surface area contributed by atoms with E-state index < -0.39 is 0 Å². The lowest BCUT2D eigenvalue weighted by molar-refractivity contribution is 0.679. The van der Waals surface area contributed by atoms with E-state index in [2.05, 4.69) is 32.3 Å². The monoisotopic (exact) mass is 151 g/mol. The molecule has 0 aliphatic heterocycles. The van der Waals surface area contributed by atoms with Crippen LogP contribution in [0.2, 0.25) is 0 Å². The topological polar surface area (TPSA) is 12.0 Å². The van der Waals surface area contributed by atoms with Crippen LogP contribution in [-0.4, -0.2) is 6.04 Å². The Balaban J connectivity index is 3.94. The number of rotatable bonds is 4. The Labute approximate surface area is 69.5 Å². The van der Waals surface area contributed by atoms with E-state index >= 15 is 0 Å². The number of allylic oxidation sites excluding steroid dienone is 2. The van der Waals surface area contributed by atoms with Gasteiger partial charge in [0.15, 0.2) is 0 Å². The van der Waals surface area contributed by atoms with Crippen molar-refractivity contribution >= 4 is 0 Å². The van der Waals surface area contributed by atoms with Gasteiger partial charge in [0.2, 0.25) is 0 Å². The van der Waals surface area contributed by atoms with E-state index in [0.717, 1.165) is 11.3 Å². The summed E-state index contributed by atoms with van der Waals surface area (Å²) in [7, 11) is 0. The molecule has 0 saturated heterocycles. The second-order valence-electron chi connectivity index (χ2n) is 2.80. The minimum absolute atomic E-state index is 0.421. The highest BCUT2D eigenvalue weighted by atomic mass is 14.9. The molecule has 1 nitrogen and oxygen atoms in total. The molecular formula is C10H17N. The van der Waals surface area contributed by atoms with E-state index in [1.54, 1.807) is 0 Å². The zero-order chi connectivity index (χ0) is 8.85. The predicted molar refractivity (Wildman–Crippen MR) is 51.4 cm³/mol. The highest BCUT2D eigenvalue weighted by Gasteiger charge is 1.96. The van der Waals surface area contributed by atoms with E-state index in [1.165, 1.54) is 0 Å². The van der Waals surface area contributed by atoms with Crippen molar-refractivity contribution in [3.05, 3.63) is 36.6 Å². The third-order valence-corrected chi connectivity index (χ3v) is 1.22. The van der Waals surface area contributed by atoms with Gasteiger partial charge < -0.3 is 5.32 Å². The van der Waals surface area contributed by atoms with Crippen molar-refractivity contribution in [3.63, 3.8) is 0 Å². The molecule has 0 spiro atoms. The van der Waals surface area contributed by atoms with Gasteiger partial charge in [-0.3, -0.25) is 0 Å². The Hall–Kier alpha value is -0.980. The first-order valence-corrected chi connectivity index (χ1v) is 3.85. The normalized spacial score (nSPS) is 10.5. The number of hydrogen-bond donors (Lipinski definition) is 1. The van der Waals surface area contributed by atoms with E-state index in [1.807, 2.05) is 19.1 Å². The summed E-state index contributed by atoms with van der Waals surface area (Å²) in [6, 6.07) is 0.421. The van der Waals surface area contributed by atoms with Gasteiger partial charge in [-0.25, -0.2) is 0 Å². The van der Waals surface area contributed by atoms with Crippen molar-refractivity contribution in [2.24, 2.45) is 0 Å². The maximum Gasteiger partial charge on any atom is 0.0336 e. The van der Waals surface area contributed by atoms with Crippen molar-refractivity contribution in [2.75, 3.05) is 0 Å². The first-order chi connectivity index (χ1) is 5.07. The number of hydrogen-bond acceptors (Lipinski definition) is 1. The van der Waals surface area contributed by atoms with Crippen LogP contribution >= 0.6 is 0 Å². The van der Waals surface area contributed by atoms with E-state index in [0.29, 0.717) is 6.04 Å². The van der Waals surface area contributed by atoms with E-state index in [4.69, 9.17) is 0 Å². The maximum atomic E-state index is 3.85. The van der Waals surface area contributed by atoms with Crippen LogP contribution in [0.25, 0.3) is 0 Å². The van der Waals surface area contributed by atoms with Gasteiger partial charge in [-0.2, -0.15) is 0 Å². The quantitative estimate of drug-likeness (QED) is 0.609. The summed E-state index contributed by atoms with van der Waals surface area (Å²) in [4.78, 5) is 0. The molecule has 0 aromatic heterocycles. The van der Waals surface area contributed by atoms with Gasteiger partial charge in [-0.1, -0.05) is 25.3 Å². The second kappa shape index (κ2) is 4.78. The molecule has 0 bridgehead atoms. The molecule has 0 aromatic carbocycles. The summed E-state index contributed by atoms with van der Waals surface area (Å²) in [5.74, 6) is 0. The summed E-state index contributed by atoms with van der Waals surface area (Å²) >= 11 is 0. The number of nitrogens with one attached hydrogen (secondary N) is 1. The molecule has 0 unspecified atom stereocenters. The fourth-order valence-corrected chi connectivity index (χ4v) is 0.743. The summed E-state index contributed by atoms with van der Waals surface area (Å²) in [6.45, 7) is 13.8. The van der Waals surface area contributed by atoms with Crippen LogP contribution in [0.15, 0.2) is 36.6 Å². The van der Waals surface area contributed by atoms with Crippen LogP contribution in [-0.2, 0) is 0 Å². The standard InChI is InChI=1S/C10H17N/c1-6-7-9(4)10(5)11-8(2)3/h6-8,11H,4-5H2,1-3H3/b7-6-. The minimum Gasteiger partial charge on any atom is -0.383 e. The SMILES string of the molecule is C=C(/C=C\C)C(=C)NC(C)C. The molecule has 62 valence electrons.